The van der Waals surface area contributed by atoms with Crippen LogP contribution in [0.25, 0.3) is 10.2 Å². The van der Waals surface area contributed by atoms with Gasteiger partial charge in [0.15, 0.2) is 5.16 Å². The van der Waals surface area contributed by atoms with Gasteiger partial charge >= 0.3 is 0 Å². The van der Waals surface area contributed by atoms with E-state index in [-0.39, 0.29) is 5.91 Å². The lowest BCUT2D eigenvalue weighted by Crippen LogP contribution is -2.38. The molecule has 3 rings (SSSR count). The molecule has 0 aromatic carbocycles. The Balaban J connectivity index is 1.62. The Morgan fingerprint density at radius 2 is 2.24 bits per heavy atom. The summed E-state index contributed by atoms with van der Waals surface area (Å²) in [5, 5.41) is 3.42. The number of nitrogens with two attached hydrogens (primary N) is 1. The molecule has 1 saturated heterocycles. The summed E-state index contributed by atoms with van der Waals surface area (Å²) in [5.74, 6) is 1.76. The van der Waals surface area contributed by atoms with Crippen LogP contribution >= 0.6 is 23.1 Å². The number of hydrogen-bond acceptors (Lipinski definition) is 6. The van der Waals surface area contributed by atoms with Gasteiger partial charge in [-0.3, -0.25) is 4.79 Å². The molecule has 0 aliphatic carbocycles. The van der Waals surface area contributed by atoms with E-state index in [2.05, 4.69) is 16.9 Å². The number of nitrogens with zero attached hydrogens (tertiary/aromatic N) is 3. The predicted molar refractivity (Wildman–Crippen MR) is 87.5 cm³/mol. The van der Waals surface area contributed by atoms with Gasteiger partial charge in [-0.15, -0.1) is 11.3 Å². The molecule has 2 aromatic heterocycles. The summed E-state index contributed by atoms with van der Waals surface area (Å²) in [6.45, 7) is 3.98. The second-order valence-electron chi connectivity index (χ2n) is 5.38. The van der Waals surface area contributed by atoms with Crippen molar-refractivity contribution >= 4 is 45.0 Å². The zero-order valence-corrected chi connectivity index (χ0v) is 13.5. The quantitative estimate of drug-likeness (QED) is 0.695. The van der Waals surface area contributed by atoms with Gasteiger partial charge in [0.05, 0.1) is 11.1 Å². The normalized spacial score (nSPS) is 16.5. The molecule has 21 heavy (non-hydrogen) atoms. The van der Waals surface area contributed by atoms with E-state index < -0.39 is 0 Å². The Bertz CT molecular complexity index is 649. The lowest BCUT2D eigenvalue weighted by Gasteiger charge is -2.30. The number of amides is 1. The van der Waals surface area contributed by atoms with Crippen LogP contribution in [0.15, 0.2) is 16.6 Å². The van der Waals surface area contributed by atoms with E-state index in [4.69, 9.17) is 5.73 Å². The molecule has 0 spiro atoms. The minimum Gasteiger partial charge on any atom is -0.383 e. The van der Waals surface area contributed by atoms with E-state index in [9.17, 15) is 4.79 Å². The van der Waals surface area contributed by atoms with Crippen LogP contribution in [0.3, 0.4) is 0 Å². The molecular weight excluding hydrogens is 304 g/mol. The minimum absolute atomic E-state index is 0.167. The molecule has 7 heteroatoms. The second-order valence-corrected chi connectivity index (χ2v) is 7.22. The molecule has 2 aromatic rings. The summed E-state index contributed by atoms with van der Waals surface area (Å²) in [4.78, 5) is 23.7. The standard InChI is InChI=1S/C14H18N4OS2/c1-9-2-5-18(6-3-9)11(19)8-21-14-16-12(15)10-4-7-20-13(10)17-14/h4,7,9H,2-3,5-6,8H2,1H3,(H2,15,16,17). The molecular formula is C14H18N4OS2. The van der Waals surface area contributed by atoms with Crippen LogP contribution in [0.1, 0.15) is 19.8 Å². The van der Waals surface area contributed by atoms with Gasteiger partial charge in [-0.25, -0.2) is 9.97 Å². The first kappa shape index (κ1) is 14.6. The summed E-state index contributed by atoms with van der Waals surface area (Å²) in [5.41, 5.74) is 5.91. The zero-order valence-electron chi connectivity index (χ0n) is 11.9. The lowest BCUT2D eigenvalue weighted by atomic mass is 9.99. The molecule has 5 nitrogen and oxygen atoms in total. The fraction of sp³-hybridized carbons (Fsp3) is 0.500. The molecule has 0 atom stereocenters. The van der Waals surface area contributed by atoms with Crippen molar-refractivity contribution in [3.63, 3.8) is 0 Å². The number of likely N-dealkylation sites (tertiary alicyclic amines) is 1. The maximum absolute atomic E-state index is 12.2. The molecule has 1 aliphatic heterocycles. The van der Waals surface area contributed by atoms with Gasteiger partial charge in [0.25, 0.3) is 0 Å². The Morgan fingerprint density at radius 1 is 1.48 bits per heavy atom. The van der Waals surface area contributed by atoms with E-state index in [0.29, 0.717) is 16.7 Å². The van der Waals surface area contributed by atoms with Crippen LogP contribution in [-0.2, 0) is 4.79 Å². The van der Waals surface area contributed by atoms with E-state index in [1.54, 1.807) is 0 Å². The molecule has 1 amide bonds. The summed E-state index contributed by atoms with van der Waals surface area (Å²) < 4.78 is 0. The number of fused-ring (bicyclic) bond motifs is 1. The highest BCUT2D eigenvalue weighted by molar-refractivity contribution is 7.99. The number of nitrogen functional groups attached to an aromatic ring is 1. The molecule has 3 heterocycles. The van der Waals surface area contributed by atoms with Gasteiger partial charge in [0, 0.05) is 13.1 Å². The van der Waals surface area contributed by atoms with Crippen molar-refractivity contribution in [1.82, 2.24) is 14.9 Å². The SMILES string of the molecule is CC1CCN(C(=O)CSc2nc(N)c3ccsc3n2)CC1. The highest BCUT2D eigenvalue weighted by atomic mass is 32.2. The van der Waals surface area contributed by atoms with Crippen molar-refractivity contribution in [1.29, 1.82) is 0 Å². The Labute approximate surface area is 131 Å². The van der Waals surface area contributed by atoms with E-state index in [0.717, 1.165) is 42.1 Å². The van der Waals surface area contributed by atoms with Crippen LogP contribution < -0.4 is 5.73 Å². The monoisotopic (exact) mass is 322 g/mol. The highest BCUT2D eigenvalue weighted by Gasteiger charge is 2.20. The smallest absolute Gasteiger partial charge is 0.233 e. The molecule has 0 saturated carbocycles. The fourth-order valence-electron chi connectivity index (χ4n) is 2.40. The molecule has 0 unspecified atom stereocenters. The first-order valence-corrected chi connectivity index (χ1v) is 8.91. The van der Waals surface area contributed by atoms with Gasteiger partial charge in [-0.05, 0) is 30.2 Å². The minimum atomic E-state index is 0.167. The molecule has 1 aliphatic rings. The summed E-state index contributed by atoms with van der Waals surface area (Å²) in [7, 11) is 0. The second kappa shape index (κ2) is 6.19. The third-order valence-corrected chi connectivity index (χ3v) is 5.43. The molecule has 2 N–H and O–H groups in total. The van der Waals surface area contributed by atoms with Crippen molar-refractivity contribution in [2.75, 3.05) is 24.6 Å². The van der Waals surface area contributed by atoms with Crippen molar-refractivity contribution < 1.29 is 4.79 Å². The number of hydrogen-bond donors (Lipinski definition) is 1. The van der Waals surface area contributed by atoms with Gasteiger partial charge in [0.2, 0.25) is 5.91 Å². The number of anilines is 1. The number of carbonyl (C=O) groups excluding carboxylic acids is 1. The van der Waals surface area contributed by atoms with Crippen LogP contribution in [0.4, 0.5) is 5.82 Å². The highest BCUT2D eigenvalue weighted by Crippen LogP contribution is 2.26. The first-order valence-electron chi connectivity index (χ1n) is 7.05. The maximum Gasteiger partial charge on any atom is 0.233 e. The van der Waals surface area contributed by atoms with Crippen molar-refractivity contribution in [3.8, 4) is 0 Å². The number of piperidine rings is 1. The molecule has 0 radical (unpaired) electrons. The zero-order chi connectivity index (χ0) is 14.8. The van der Waals surface area contributed by atoms with Crippen LogP contribution in [0.2, 0.25) is 0 Å². The topological polar surface area (TPSA) is 72.1 Å². The fourth-order valence-corrected chi connectivity index (χ4v) is 3.98. The van der Waals surface area contributed by atoms with Crippen molar-refractivity contribution in [2.45, 2.75) is 24.9 Å². The Kier molecular flexibility index (Phi) is 4.30. The van der Waals surface area contributed by atoms with Gasteiger partial charge in [-0.1, -0.05) is 18.7 Å². The van der Waals surface area contributed by atoms with Crippen LogP contribution in [0, 0.1) is 5.92 Å². The third-order valence-electron chi connectivity index (χ3n) is 3.80. The average Bonchev–Trinajstić information content (AvgIpc) is 2.94. The summed E-state index contributed by atoms with van der Waals surface area (Å²) in [6.07, 6.45) is 2.20. The number of rotatable bonds is 3. The van der Waals surface area contributed by atoms with E-state index in [1.807, 2.05) is 16.3 Å². The first-order chi connectivity index (χ1) is 10.1. The molecule has 1 fully saturated rings. The van der Waals surface area contributed by atoms with E-state index in [1.165, 1.54) is 23.1 Å². The summed E-state index contributed by atoms with van der Waals surface area (Å²) >= 11 is 2.91. The van der Waals surface area contributed by atoms with Gasteiger partial charge in [0.1, 0.15) is 10.6 Å². The van der Waals surface area contributed by atoms with Crippen molar-refractivity contribution in [2.24, 2.45) is 5.92 Å². The largest absolute Gasteiger partial charge is 0.383 e. The number of thioether (sulfide) groups is 1. The van der Waals surface area contributed by atoms with E-state index >= 15 is 0 Å². The number of thiophene rings is 1. The van der Waals surface area contributed by atoms with Crippen molar-refractivity contribution in [3.05, 3.63) is 11.4 Å². The van der Waals surface area contributed by atoms with Gasteiger partial charge < -0.3 is 10.6 Å². The average molecular weight is 322 g/mol. The maximum atomic E-state index is 12.2. The summed E-state index contributed by atoms with van der Waals surface area (Å²) in [6, 6.07) is 1.92. The Hall–Kier alpha value is -1.34. The van der Waals surface area contributed by atoms with Gasteiger partial charge in [-0.2, -0.15) is 0 Å². The third kappa shape index (κ3) is 3.29. The molecule has 112 valence electrons. The molecule has 0 bridgehead atoms. The number of carbonyl (C=O) groups is 1. The lowest BCUT2D eigenvalue weighted by molar-refractivity contribution is -0.129. The van der Waals surface area contributed by atoms with Crippen LogP contribution in [0.5, 0.6) is 0 Å². The van der Waals surface area contributed by atoms with Crippen LogP contribution in [-0.4, -0.2) is 39.6 Å². The predicted octanol–water partition coefficient (Wildman–Crippen LogP) is 2.62. The Morgan fingerprint density at radius 3 is 3.00 bits per heavy atom. The number of aromatic nitrogens is 2.